The van der Waals surface area contributed by atoms with Gasteiger partial charge in [0.1, 0.15) is 0 Å². The van der Waals surface area contributed by atoms with Gasteiger partial charge in [-0.05, 0) is 36.7 Å². The molecule has 1 amide bonds. The first-order chi connectivity index (χ1) is 11.1. The lowest BCUT2D eigenvalue weighted by atomic mass is 10.1. The second-order valence-electron chi connectivity index (χ2n) is 5.85. The zero-order valence-corrected chi connectivity index (χ0v) is 14.1. The predicted molar refractivity (Wildman–Crippen MR) is 94.9 cm³/mol. The van der Waals surface area contributed by atoms with Gasteiger partial charge in [0, 0.05) is 28.8 Å². The van der Waals surface area contributed by atoms with E-state index in [1.54, 1.807) is 18.2 Å². The van der Waals surface area contributed by atoms with Gasteiger partial charge in [-0.2, -0.15) is 0 Å². The maximum atomic E-state index is 12.4. The molecule has 0 aliphatic carbocycles. The first-order valence-corrected chi connectivity index (χ1v) is 8.39. The molecule has 0 aromatic heterocycles. The number of nitrogens with zero attached hydrogens (tertiary/aromatic N) is 1. The van der Waals surface area contributed by atoms with Gasteiger partial charge in [-0.3, -0.25) is 9.69 Å². The zero-order chi connectivity index (χ0) is 16.2. The van der Waals surface area contributed by atoms with Crippen LogP contribution in [0.5, 0.6) is 0 Å². The van der Waals surface area contributed by atoms with Crippen molar-refractivity contribution in [3.05, 3.63) is 64.1 Å². The average molecular weight is 349 g/mol. The molecule has 1 heterocycles. The van der Waals surface area contributed by atoms with Crippen LogP contribution in [0, 0.1) is 5.92 Å². The van der Waals surface area contributed by atoms with E-state index in [0.717, 1.165) is 26.1 Å². The summed E-state index contributed by atoms with van der Waals surface area (Å²) in [6, 6.07) is 15.4. The van der Waals surface area contributed by atoms with Crippen LogP contribution in [0.25, 0.3) is 0 Å². The van der Waals surface area contributed by atoms with E-state index >= 15 is 0 Å². The van der Waals surface area contributed by atoms with Crippen molar-refractivity contribution in [1.82, 2.24) is 4.90 Å². The Morgan fingerprint density at radius 3 is 2.52 bits per heavy atom. The van der Waals surface area contributed by atoms with Gasteiger partial charge < -0.3 is 5.32 Å². The average Bonchev–Trinajstić information content (AvgIpc) is 2.96. The van der Waals surface area contributed by atoms with Crippen LogP contribution >= 0.6 is 23.2 Å². The third kappa shape index (κ3) is 4.47. The largest absolute Gasteiger partial charge is 0.326 e. The summed E-state index contributed by atoms with van der Waals surface area (Å²) in [5, 5.41) is 3.95. The van der Waals surface area contributed by atoms with E-state index in [1.807, 2.05) is 18.2 Å². The molecule has 0 saturated carbocycles. The number of nitrogens with one attached hydrogen (secondary N) is 1. The molecule has 5 heteroatoms. The van der Waals surface area contributed by atoms with E-state index in [-0.39, 0.29) is 11.8 Å². The second kappa shape index (κ2) is 7.35. The fourth-order valence-corrected chi connectivity index (χ4v) is 3.43. The summed E-state index contributed by atoms with van der Waals surface area (Å²) in [7, 11) is 0. The molecule has 2 aromatic carbocycles. The number of carbonyl (C=O) groups excluding carboxylic acids is 1. The Bertz CT molecular complexity index is 670. The van der Waals surface area contributed by atoms with E-state index in [0.29, 0.717) is 15.7 Å². The lowest BCUT2D eigenvalue weighted by Crippen LogP contribution is -2.26. The van der Waals surface area contributed by atoms with Crippen LogP contribution in [0.2, 0.25) is 10.0 Å². The van der Waals surface area contributed by atoms with Crippen LogP contribution in [0.4, 0.5) is 5.69 Å². The Hall–Kier alpha value is -1.55. The third-order valence-corrected chi connectivity index (χ3v) is 4.46. The molecule has 23 heavy (non-hydrogen) atoms. The molecule has 1 unspecified atom stereocenters. The van der Waals surface area contributed by atoms with Crippen molar-refractivity contribution in [3.63, 3.8) is 0 Å². The van der Waals surface area contributed by atoms with Crippen molar-refractivity contribution < 1.29 is 4.79 Å². The molecule has 1 atom stereocenters. The van der Waals surface area contributed by atoms with Crippen LogP contribution in [0.15, 0.2) is 48.5 Å². The van der Waals surface area contributed by atoms with Gasteiger partial charge in [0.2, 0.25) is 5.91 Å². The summed E-state index contributed by atoms with van der Waals surface area (Å²) in [4.78, 5) is 14.7. The smallest absolute Gasteiger partial charge is 0.228 e. The van der Waals surface area contributed by atoms with Crippen LogP contribution in [0.1, 0.15) is 12.0 Å². The standard InChI is InChI=1S/C18H18Cl2N2O/c19-15-8-16(20)10-17(9-15)21-18(23)14-6-7-22(12-14)11-13-4-2-1-3-5-13/h1-5,8-10,14H,6-7,11-12H2,(H,21,23). The molecular weight excluding hydrogens is 331 g/mol. The quantitative estimate of drug-likeness (QED) is 0.884. The SMILES string of the molecule is O=C(Nc1cc(Cl)cc(Cl)c1)C1CCN(Cc2ccccc2)C1. The van der Waals surface area contributed by atoms with Crippen LogP contribution in [0.3, 0.4) is 0 Å². The minimum atomic E-state index is -0.00327. The Labute approximate surface area is 146 Å². The van der Waals surface area contributed by atoms with Crippen LogP contribution in [-0.2, 0) is 11.3 Å². The zero-order valence-electron chi connectivity index (χ0n) is 12.6. The molecule has 3 rings (SSSR count). The van der Waals surface area contributed by atoms with E-state index in [9.17, 15) is 4.79 Å². The number of amides is 1. The van der Waals surface area contributed by atoms with Crippen LogP contribution < -0.4 is 5.32 Å². The molecule has 2 aromatic rings. The van der Waals surface area contributed by atoms with Crippen molar-refractivity contribution in [2.75, 3.05) is 18.4 Å². The summed E-state index contributed by atoms with van der Waals surface area (Å²) in [5.41, 5.74) is 1.92. The normalized spacial score (nSPS) is 18.1. The molecule has 0 spiro atoms. The monoisotopic (exact) mass is 348 g/mol. The molecule has 120 valence electrons. The molecule has 1 fully saturated rings. The number of carbonyl (C=O) groups is 1. The lowest BCUT2D eigenvalue weighted by molar-refractivity contribution is -0.119. The minimum Gasteiger partial charge on any atom is -0.326 e. The molecule has 0 bridgehead atoms. The Kier molecular flexibility index (Phi) is 5.21. The first-order valence-electron chi connectivity index (χ1n) is 7.63. The summed E-state index contributed by atoms with van der Waals surface area (Å²) < 4.78 is 0. The van der Waals surface area contributed by atoms with Crippen LogP contribution in [-0.4, -0.2) is 23.9 Å². The van der Waals surface area contributed by atoms with Crippen molar-refractivity contribution in [1.29, 1.82) is 0 Å². The Morgan fingerprint density at radius 2 is 1.83 bits per heavy atom. The third-order valence-electron chi connectivity index (χ3n) is 4.02. The fourth-order valence-electron chi connectivity index (χ4n) is 2.90. The van der Waals surface area contributed by atoms with Crippen molar-refractivity contribution >= 4 is 34.8 Å². The van der Waals surface area contributed by atoms with Gasteiger partial charge in [0.25, 0.3) is 0 Å². The number of likely N-dealkylation sites (tertiary alicyclic amines) is 1. The van der Waals surface area contributed by atoms with Crippen molar-refractivity contribution in [2.45, 2.75) is 13.0 Å². The van der Waals surface area contributed by atoms with Gasteiger partial charge in [-0.25, -0.2) is 0 Å². The molecule has 1 aliphatic rings. The molecule has 0 radical (unpaired) electrons. The topological polar surface area (TPSA) is 32.3 Å². The van der Waals surface area contributed by atoms with E-state index in [4.69, 9.17) is 23.2 Å². The van der Waals surface area contributed by atoms with Gasteiger partial charge in [0.05, 0.1) is 5.92 Å². The Morgan fingerprint density at radius 1 is 1.13 bits per heavy atom. The number of benzene rings is 2. The maximum Gasteiger partial charge on any atom is 0.228 e. The van der Waals surface area contributed by atoms with E-state index in [2.05, 4.69) is 22.3 Å². The van der Waals surface area contributed by atoms with Gasteiger partial charge in [0.15, 0.2) is 0 Å². The maximum absolute atomic E-state index is 12.4. The number of hydrogen-bond donors (Lipinski definition) is 1. The highest BCUT2D eigenvalue weighted by molar-refractivity contribution is 6.35. The fraction of sp³-hybridized carbons (Fsp3) is 0.278. The number of halogens is 2. The second-order valence-corrected chi connectivity index (χ2v) is 6.73. The first kappa shape index (κ1) is 16.3. The van der Waals surface area contributed by atoms with Gasteiger partial charge in [-0.1, -0.05) is 53.5 Å². The van der Waals surface area contributed by atoms with Gasteiger partial charge >= 0.3 is 0 Å². The molecule has 1 N–H and O–H groups in total. The van der Waals surface area contributed by atoms with Crippen molar-refractivity contribution in [3.8, 4) is 0 Å². The summed E-state index contributed by atoms with van der Waals surface area (Å²) in [6.07, 6.45) is 0.868. The highest BCUT2D eigenvalue weighted by Crippen LogP contribution is 2.25. The molecule has 3 nitrogen and oxygen atoms in total. The number of anilines is 1. The molecular formula is C18H18Cl2N2O. The van der Waals surface area contributed by atoms with Crippen molar-refractivity contribution in [2.24, 2.45) is 5.92 Å². The Balaban J connectivity index is 1.57. The highest BCUT2D eigenvalue weighted by Gasteiger charge is 2.28. The predicted octanol–water partition coefficient (Wildman–Crippen LogP) is 4.45. The highest BCUT2D eigenvalue weighted by atomic mass is 35.5. The van der Waals surface area contributed by atoms with E-state index < -0.39 is 0 Å². The lowest BCUT2D eigenvalue weighted by Gasteiger charge is -2.16. The van der Waals surface area contributed by atoms with Gasteiger partial charge in [-0.15, -0.1) is 0 Å². The van der Waals surface area contributed by atoms with E-state index in [1.165, 1.54) is 5.56 Å². The number of rotatable bonds is 4. The summed E-state index contributed by atoms with van der Waals surface area (Å²) in [5.74, 6) is 0.0235. The molecule has 1 saturated heterocycles. The minimum absolute atomic E-state index is 0.00327. The summed E-state index contributed by atoms with van der Waals surface area (Å²) in [6.45, 7) is 2.59. The molecule has 1 aliphatic heterocycles. The summed E-state index contributed by atoms with van der Waals surface area (Å²) >= 11 is 11.9. The number of hydrogen-bond acceptors (Lipinski definition) is 2.